The van der Waals surface area contributed by atoms with Crippen LogP contribution in [0.2, 0.25) is 10.0 Å². The van der Waals surface area contributed by atoms with E-state index >= 15 is 0 Å². The Bertz CT molecular complexity index is 697. The highest BCUT2D eigenvalue weighted by Crippen LogP contribution is 2.27. The molecule has 5 nitrogen and oxygen atoms in total. The van der Waals surface area contributed by atoms with Crippen LogP contribution in [0.15, 0.2) is 12.1 Å². The molecule has 1 aromatic carbocycles. The van der Waals surface area contributed by atoms with Crippen molar-refractivity contribution in [3.05, 3.63) is 33.6 Å². The van der Waals surface area contributed by atoms with Crippen molar-refractivity contribution in [2.45, 2.75) is 37.6 Å². The smallest absolute Gasteiger partial charge is 0.340 e. The van der Waals surface area contributed by atoms with E-state index in [-0.39, 0.29) is 15.6 Å². The third-order valence-electron chi connectivity index (χ3n) is 3.86. The van der Waals surface area contributed by atoms with Gasteiger partial charge in [-0.3, -0.25) is 4.79 Å². The number of nitriles is 1. The first-order valence-corrected chi connectivity index (χ1v) is 8.16. The standard InChI is InChI=1S/C16H15Cl2FN2O3/c17-11-7-12(18)13(19)6-10(11)15(23)24-8-14(22)21-16(9-20)4-2-1-3-5-16/h6-7H,1-5,8H2,(H,21,22). The number of nitrogens with one attached hydrogen (secondary N) is 1. The molecule has 1 N–H and O–H groups in total. The second-order valence-corrected chi connectivity index (χ2v) is 6.44. The quantitative estimate of drug-likeness (QED) is 0.646. The van der Waals surface area contributed by atoms with Crippen molar-refractivity contribution in [2.24, 2.45) is 0 Å². The highest BCUT2D eigenvalue weighted by molar-refractivity contribution is 6.36. The molecule has 0 bridgehead atoms. The van der Waals surface area contributed by atoms with E-state index in [9.17, 15) is 19.2 Å². The minimum atomic E-state index is -0.944. The van der Waals surface area contributed by atoms with Gasteiger partial charge in [0.1, 0.15) is 11.4 Å². The van der Waals surface area contributed by atoms with Crippen LogP contribution in [-0.4, -0.2) is 24.0 Å². The average Bonchev–Trinajstić information content (AvgIpc) is 2.57. The summed E-state index contributed by atoms with van der Waals surface area (Å²) in [6, 6.07) is 4.07. The molecule has 0 saturated heterocycles. The number of amides is 1. The number of carbonyl (C=O) groups excluding carboxylic acids is 2. The molecule has 0 unspecified atom stereocenters. The zero-order valence-corrected chi connectivity index (χ0v) is 14.2. The minimum absolute atomic E-state index is 0.0763. The SMILES string of the molecule is N#CC1(NC(=O)COC(=O)c2cc(F)c(Cl)cc2Cl)CCCCC1. The Balaban J connectivity index is 1.95. The van der Waals surface area contributed by atoms with Crippen molar-refractivity contribution in [2.75, 3.05) is 6.61 Å². The summed E-state index contributed by atoms with van der Waals surface area (Å²) in [4.78, 5) is 23.9. The molecule has 1 aliphatic rings. The van der Waals surface area contributed by atoms with E-state index in [1.54, 1.807) is 0 Å². The first-order chi connectivity index (χ1) is 11.4. The fourth-order valence-electron chi connectivity index (χ4n) is 2.61. The lowest BCUT2D eigenvalue weighted by molar-refractivity contribution is -0.125. The molecule has 0 spiro atoms. The van der Waals surface area contributed by atoms with Gasteiger partial charge < -0.3 is 10.1 Å². The lowest BCUT2D eigenvalue weighted by atomic mass is 9.83. The highest BCUT2D eigenvalue weighted by atomic mass is 35.5. The molecule has 1 saturated carbocycles. The number of esters is 1. The fourth-order valence-corrected chi connectivity index (χ4v) is 3.07. The van der Waals surface area contributed by atoms with E-state index in [0.717, 1.165) is 31.4 Å². The van der Waals surface area contributed by atoms with Gasteiger partial charge in [-0.15, -0.1) is 0 Å². The lowest BCUT2D eigenvalue weighted by Crippen LogP contribution is -2.50. The lowest BCUT2D eigenvalue weighted by Gasteiger charge is -2.31. The highest BCUT2D eigenvalue weighted by Gasteiger charge is 2.33. The number of halogens is 3. The monoisotopic (exact) mass is 372 g/mol. The van der Waals surface area contributed by atoms with Crippen LogP contribution in [0.25, 0.3) is 0 Å². The van der Waals surface area contributed by atoms with Gasteiger partial charge in [-0.25, -0.2) is 9.18 Å². The molecule has 8 heteroatoms. The summed E-state index contributed by atoms with van der Waals surface area (Å²) < 4.78 is 18.3. The molecular weight excluding hydrogens is 358 g/mol. The van der Waals surface area contributed by atoms with Gasteiger partial charge >= 0.3 is 5.97 Å². The number of nitrogens with zero attached hydrogens (tertiary/aromatic N) is 1. The molecule has 2 rings (SSSR count). The summed E-state index contributed by atoms with van der Waals surface area (Å²) in [6.07, 6.45) is 3.87. The maximum absolute atomic E-state index is 13.4. The van der Waals surface area contributed by atoms with Gasteiger partial charge in [-0.05, 0) is 25.0 Å². The van der Waals surface area contributed by atoms with Gasteiger partial charge in [-0.1, -0.05) is 42.5 Å². The normalized spacial score (nSPS) is 16.1. The number of rotatable bonds is 4. The Morgan fingerprint density at radius 1 is 1.25 bits per heavy atom. The summed E-state index contributed by atoms with van der Waals surface area (Å²) in [5, 5.41) is 11.6. The van der Waals surface area contributed by atoms with E-state index in [0.29, 0.717) is 12.8 Å². The van der Waals surface area contributed by atoms with Gasteiger partial charge in [0.15, 0.2) is 6.61 Å². The Morgan fingerprint density at radius 2 is 1.92 bits per heavy atom. The first kappa shape index (κ1) is 18.5. The Labute approximate surface area is 148 Å². The Morgan fingerprint density at radius 3 is 2.54 bits per heavy atom. The van der Waals surface area contributed by atoms with Crippen molar-refractivity contribution < 1.29 is 18.7 Å². The fraction of sp³-hybridized carbons (Fsp3) is 0.438. The largest absolute Gasteiger partial charge is 0.452 e. The van der Waals surface area contributed by atoms with Crippen molar-refractivity contribution in [3.63, 3.8) is 0 Å². The second kappa shape index (κ2) is 7.82. The van der Waals surface area contributed by atoms with Crippen LogP contribution in [0.4, 0.5) is 4.39 Å². The van der Waals surface area contributed by atoms with Gasteiger partial charge in [0.05, 0.1) is 21.7 Å². The Hall–Kier alpha value is -1.84. The zero-order chi connectivity index (χ0) is 17.7. The van der Waals surface area contributed by atoms with Crippen LogP contribution in [0, 0.1) is 17.1 Å². The predicted octanol–water partition coefficient (Wildman–Crippen LogP) is 3.63. The summed E-state index contributed by atoms with van der Waals surface area (Å²) in [5.41, 5.74) is -1.13. The van der Waals surface area contributed by atoms with E-state index in [1.807, 2.05) is 0 Å². The minimum Gasteiger partial charge on any atom is -0.452 e. The molecular formula is C16H15Cl2FN2O3. The molecule has 1 amide bonds. The second-order valence-electron chi connectivity index (χ2n) is 5.63. The maximum atomic E-state index is 13.4. The molecule has 0 radical (unpaired) electrons. The number of hydrogen-bond acceptors (Lipinski definition) is 4. The molecule has 0 heterocycles. The van der Waals surface area contributed by atoms with Crippen molar-refractivity contribution in [3.8, 4) is 6.07 Å². The van der Waals surface area contributed by atoms with Crippen LogP contribution in [0.1, 0.15) is 42.5 Å². The van der Waals surface area contributed by atoms with E-state index < -0.39 is 29.8 Å². The molecule has 1 aromatic rings. The van der Waals surface area contributed by atoms with Gasteiger partial charge in [0.2, 0.25) is 0 Å². The van der Waals surface area contributed by atoms with Crippen LogP contribution < -0.4 is 5.32 Å². The molecule has 128 valence electrons. The third kappa shape index (κ3) is 4.37. The summed E-state index contributed by atoms with van der Waals surface area (Å²) in [7, 11) is 0. The third-order valence-corrected chi connectivity index (χ3v) is 4.47. The number of ether oxygens (including phenoxy) is 1. The van der Waals surface area contributed by atoms with Crippen molar-refractivity contribution >= 4 is 35.1 Å². The predicted molar refractivity (Wildman–Crippen MR) is 86.3 cm³/mol. The molecule has 1 fully saturated rings. The maximum Gasteiger partial charge on any atom is 0.340 e. The molecule has 0 aliphatic heterocycles. The van der Waals surface area contributed by atoms with Crippen molar-refractivity contribution in [1.29, 1.82) is 5.26 Å². The van der Waals surface area contributed by atoms with E-state index in [1.165, 1.54) is 0 Å². The summed E-state index contributed by atoms with van der Waals surface area (Å²) in [6.45, 7) is -0.581. The summed E-state index contributed by atoms with van der Waals surface area (Å²) in [5.74, 6) is -2.35. The Kier molecular flexibility index (Phi) is 6.03. The number of carbonyl (C=O) groups is 2. The topological polar surface area (TPSA) is 79.2 Å². The average molecular weight is 373 g/mol. The van der Waals surface area contributed by atoms with E-state index in [4.69, 9.17) is 27.9 Å². The van der Waals surface area contributed by atoms with Crippen LogP contribution in [-0.2, 0) is 9.53 Å². The van der Waals surface area contributed by atoms with Gasteiger partial charge in [0, 0.05) is 0 Å². The first-order valence-electron chi connectivity index (χ1n) is 7.41. The van der Waals surface area contributed by atoms with Crippen LogP contribution in [0.5, 0.6) is 0 Å². The number of benzene rings is 1. The number of hydrogen-bond donors (Lipinski definition) is 1. The zero-order valence-electron chi connectivity index (χ0n) is 12.7. The van der Waals surface area contributed by atoms with E-state index in [2.05, 4.69) is 11.4 Å². The molecule has 0 atom stereocenters. The van der Waals surface area contributed by atoms with Gasteiger partial charge in [-0.2, -0.15) is 5.26 Å². The van der Waals surface area contributed by atoms with Crippen LogP contribution in [0.3, 0.4) is 0 Å². The summed E-state index contributed by atoms with van der Waals surface area (Å²) >= 11 is 11.4. The van der Waals surface area contributed by atoms with Crippen molar-refractivity contribution in [1.82, 2.24) is 5.32 Å². The molecule has 24 heavy (non-hydrogen) atoms. The molecule has 0 aromatic heterocycles. The molecule has 1 aliphatic carbocycles. The van der Waals surface area contributed by atoms with Gasteiger partial charge in [0.25, 0.3) is 5.91 Å². The van der Waals surface area contributed by atoms with Crippen LogP contribution >= 0.6 is 23.2 Å².